The van der Waals surface area contributed by atoms with Crippen LogP contribution in [0.2, 0.25) is 0 Å². The lowest BCUT2D eigenvalue weighted by atomic mass is 10.2. The van der Waals surface area contributed by atoms with Crippen LogP contribution in [0.4, 0.5) is 5.69 Å². The average molecular weight is 547 g/mol. The maximum atomic E-state index is 12.5. The first kappa shape index (κ1) is 27.6. The molecule has 4 aromatic rings. The molecule has 2 aromatic heterocycles. The summed E-state index contributed by atoms with van der Waals surface area (Å²) in [5.41, 5.74) is 5.53. The van der Waals surface area contributed by atoms with E-state index in [2.05, 4.69) is 32.0 Å². The van der Waals surface area contributed by atoms with Gasteiger partial charge in [-0.2, -0.15) is 5.10 Å². The molecule has 0 saturated carbocycles. The number of nitrogens with one attached hydrogen (secondary N) is 1. The lowest BCUT2D eigenvalue weighted by Crippen LogP contribution is -2.17. The number of hydrazone groups is 1. The van der Waals surface area contributed by atoms with Crippen molar-refractivity contribution in [1.82, 2.24) is 9.99 Å². The van der Waals surface area contributed by atoms with E-state index in [1.807, 2.05) is 38.1 Å². The number of nitro benzene ring substituents is 1. The number of nitrogens with zero attached hydrogens (tertiary/aromatic N) is 3. The second kappa shape index (κ2) is 12.4. The highest BCUT2D eigenvalue weighted by molar-refractivity contribution is 5.93. The predicted molar refractivity (Wildman–Crippen MR) is 144 cm³/mol. The minimum absolute atomic E-state index is 0.00846. The SMILES string of the molecule is COC(=O)COc1ccc([N+](=O)[O-])cc1/C=N/NC(=O)c1ccc(COc2ccc(-n3c(C)ccc3C)cc2)o1. The third-order valence-electron chi connectivity index (χ3n) is 5.78. The van der Waals surface area contributed by atoms with Crippen molar-refractivity contribution in [2.45, 2.75) is 20.5 Å². The minimum atomic E-state index is -0.647. The van der Waals surface area contributed by atoms with Crippen molar-refractivity contribution >= 4 is 23.8 Å². The fourth-order valence-electron chi connectivity index (χ4n) is 3.79. The van der Waals surface area contributed by atoms with Gasteiger partial charge in [-0.05, 0) is 68.4 Å². The number of methoxy groups -OCH3 is 1. The van der Waals surface area contributed by atoms with Gasteiger partial charge < -0.3 is 23.2 Å². The Morgan fingerprint density at radius 3 is 2.42 bits per heavy atom. The van der Waals surface area contributed by atoms with E-state index in [0.29, 0.717) is 11.5 Å². The molecule has 1 N–H and O–H groups in total. The number of esters is 1. The van der Waals surface area contributed by atoms with E-state index in [1.165, 1.54) is 31.4 Å². The van der Waals surface area contributed by atoms with Gasteiger partial charge in [-0.25, -0.2) is 10.2 Å². The van der Waals surface area contributed by atoms with E-state index in [0.717, 1.165) is 23.3 Å². The molecule has 0 radical (unpaired) electrons. The van der Waals surface area contributed by atoms with E-state index in [9.17, 15) is 19.7 Å². The van der Waals surface area contributed by atoms with Crippen LogP contribution in [0.15, 0.2) is 76.2 Å². The Kier molecular flexibility index (Phi) is 8.59. The Labute approximate surface area is 228 Å². The number of ether oxygens (including phenoxy) is 3. The number of rotatable bonds is 11. The topological polar surface area (TPSA) is 147 Å². The summed E-state index contributed by atoms with van der Waals surface area (Å²) in [6.45, 7) is 3.78. The molecule has 0 bridgehead atoms. The molecule has 2 heterocycles. The highest BCUT2D eigenvalue weighted by Crippen LogP contribution is 2.23. The van der Waals surface area contributed by atoms with Gasteiger partial charge in [-0.3, -0.25) is 14.9 Å². The van der Waals surface area contributed by atoms with Crippen LogP contribution < -0.4 is 14.9 Å². The van der Waals surface area contributed by atoms with Crippen LogP contribution in [0.25, 0.3) is 5.69 Å². The summed E-state index contributed by atoms with van der Waals surface area (Å²) < 4.78 is 23.3. The lowest BCUT2D eigenvalue weighted by molar-refractivity contribution is -0.384. The molecule has 0 fully saturated rings. The van der Waals surface area contributed by atoms with Crippen LogP contribution in [0.1, 0.15) is 33.3 Å². The lowest BCUT2D eigenvalue weighted by Gasteiger charge is -2.10. The van der Waals surface area contributed by atoms with Gasteiger partial charge in [0.05, 0.1) is 18.2 Å². The number of furan rings is 1. The molecule has 12 nitrogen and oxygen atoms in total. The number of hydrogen-bond acceptors (Lipinski definition) is 9. The van der Waals surface area contributed by atoms with E-state index in [1.54, 1.807) is 6.07 Å². The van der Waals surface area contributed by atoms with Crippen molar-refractivity contribution < 1.29 is 33.1 Å². The zero-order valence-electron chi connectivity index (χ0n) is 22.0. The van der Waals surface area contributed by atoms with E-state index >= 15 is 0 Å². The van der Waals surface area contributed by atoms with E-state index < -0.39 is 23.4 Å². The molecule has 0 spiro atoms. The molecule has 4 rings (SSSR count). The fourth-order valence-corrected chi connectivity index (χ4v) is 3.79. The van der Waals surface area contributed by atoms with Crippen LogP contribution in [0.3, 0.4) is 0 Å². The van der Waals surface area contributed by atoms with Crippen molar-refractivity contribution in [3.63, 3.8) is 0 Å². The number of carbonyl (C=O) groups is 2. The van der Waals surface area contributed by atoms with Crippen molar-refractivity contribution in [2.75, 3.05) is 13.7 Å². The first-order valence-corrected chi connectivity index (χ1v) is 12.0. The Bertz CT molecular complexity index is 1530. The van der Waals surface area contributed by atoms with Crippen molar-refractivity contribution in [3.05, 3.63) is 105 Å². The van der Waals surface area contributed by atoms with E-state index in [-0.39, 0.29) is 29.4 Å². The van der Waals surface area contributed by atoms with E-state index in [4.69, 9.17) is 13.9 Å². The molecule has 0 aliphatic carbocycles. The average Bonchev–Trinajstić information content (AvgIpc) is 3.57. The largest absolute Gasteiger partial charge is 0.486 e. The Morgan fingerprint density at radius 2 is 1.75 bits per heavy atom. The fraction of sp³-hybridized carbons (Fsp3) is 0.179. The molecule has 1 amide bonds. The Morgan fingerprint density at radius 1 is 1.02 bits per heavy atom. The van der Waals surface area contributed by atoms with Gasteiger partial charge in [0.25, 0.3) is 5.69 Å². The molecule has 2 aromatic carbocycles. The molecule has 0 aliphatic rings. The Balaban J connectivity index is 1.35. The number of carbonyl (C=O) groups excluding carboxylic acids is 2. The second-order valence-electron chi connectivity index (χ2n) is 8.54. The van der Waals surface area contributed by atoms with Crippen molar-refractivity contribution in [2.24, 2.45) is 5.10 Å². The van der Waals surface area contributed by atoms with Gasteiger partial charge >= 0.3 is 11.9 Å². The third kappa shape index (κ3) is 6.72. The number of hydrogen-bond donors (Lipinski definition) is 1. The number of aromatic nitrogens is 1. The highest BCUT2D eigenvalue weighted by atomic mass is 16.6. The zero-order valence-corrected chi connectivity index (χ0v) is 22.0. The van der Waals surface area contributed by atoms with Gasteiger partial charge in [-0.1, -0.05) is 0 Å². The maximum absolute atomic E-state index is 12.5. The number of non-ortho nitro benzene ring substituents is 1. The number of amides is 1. The van der Waals surface area contributed by atoms with Gasteiger partial charge in [0.2, 0.25) is 0 Å². The van der Waals surface area contributed by atoms with Gasteiger partial charge in [0, 0.05) is 34.8 Å². The molecule has 0 aliphatic heterocycles. The van der Waals surface area contributed by atoms with Gasteiger partial charge in [0.15, 0.2) is 12.4 Å². The number of nitro groups is 1. The molecule has 0 unspecified atom stereocenters. The summed E-state index contributed by atoms with van der Waals surface area (Å²) in [5, 5.41) is 15.0. The molecular weight excluding hydrogens is 520 g/mol. The van der Waals surface area contributed by atoms with Crippen LogP contribution >= 0.6 is 0 Å². The third-order valence-corrected chi connectivity index (χ3v) is 5.78. The monoisotopic (exact) mass is 546 g/mol. The van der Waals surface area contributed by atoms with Crippen LogP contribution in [-0.4, -0.2) is 41.3 Å². The maximum Gasteiger partial charge on any atom is 0.343 e. The summed E-state index contributed by atoms with van der Waals surface area (Å²) in [7, 11) is 1.20. The van der Waals surface area contributed by atoms with Gasteiger partial charge in [-0.15, -0.1) is 0 Å². The van der Waals surface area contributed by atoms with Crippen LogP contribution in [-0.2, 0) is 16.1 Å². The molecule has 206 valence electrons. The van der Waals surface area contributed by atoms with Crippen LogP contribution in [0.5, 0.6) is 11.5 Å². The first-order chi connectivity index (χ1) is 19.2. The smallest absolute Gasteiger partial charge is 0.343 e. The zero-order chi connectivity index (χ0) is 28.6. The highest BCUT2D eigenvalue weighted by Gasteiger charge is 2.14. The quantitative estimate of drug-likeness (QED) is 0.125. The number of benzene rings is 2. The standard InChI is InChI=1S/C28H26N4O8/c1-18-4-5-19(2)31(18)21-6-9-23(10-7-21)38-16-24-11-13-26(40-24)28(34)30-29-15-20-14-22(32(35)36)8-12-25(20)39-17-27(33)37-3/h4-15H,16-17H2,1-3H3,(H,30,34)/b29-15+. The molecule has 40 heavy (non-hydrogen) atoms. The van der Waals surface area contributed by atoms with Gasteiger partial charge in [0.1, 0.15) is 23.9 Å². The van der Waals surface area contributed by atoms with Crippen molar-refractivity contribution in [1.29, 1.82) is 0 Å². The summed E-state index contributed by atoms with van der Waals surface area (Å²) in [6, 6.07) is 18.6. The molecule has 0 saturated heterocycles. The summed E-state index contributed by atoms with van der Waals surface area (Å²) in [4.78, 5) is 34.4. The normalized spacial score (nSPS) is 10.9. The van der Waals surface area contributed by atoms with Crippen molar-refractivity contribution in [3.8, 4) is 17.2 Å². The number of aryl methyl sites for hydroxylation is 2. The van der Waals surface area contributed by atoms with Crippen LogP contribution in [0, 0.1) is 24.0 Å². The molecule has 0 atom stereocenters. The molecular formula is C28H26N4O8. The summed E-state index contributed by atoms with van der Waals surface area (Å²) in [6.07, 6.45) is 1.16. The summed E-state index contributed by atoms with van der Waals surface area (Å²) in [5.74, 6) is -0.0881. The second-order valence-corrected chi connectivity index (χ2v) is 8.54. The first-order valence-electron chi connectivity index (χ1n) is 12.0. The Hall–Kier alpha value is -5.39. The predicted octanol–water partition coefficient (Wildman–Crippen LogP) is 4.49. The summed E-state index contributed by atoms with van der Waals surface area (Å²) >= 11 is 0. The molecule has 12 heteroatoms. The minimum Gasteiger partial charge on any atom is -0.486 e.